The van der Waals surface area contributed by atoms with Gasteiger partial charge in [0.25, 0.3) is 0 Å². The van der Waals surface area contributed by atoms with Crippen LogP contribution in [0.3, 0.4) is 0 Å². The lowest BCUT2D eigenvalue weighted by atomic mass is 9.89. The van der Waals surface area contributed by atoms with E-state index in [9.17, 15) is 0 Å². The fraction of sp³-hybridized carbons (Fsp3) is 0.280. The van der Waals surface area contributed by atoms with Gasteiger partial charge >= 0.3 is 0 Å². The molecule has 0 saturated heterocycles. The molecule has 3 aromatic carbocycles. The predicted molar refractivity (Wildman–Crippen MR) is 130 cm³/mol. The molecule has 3 aliphatic rings. The third-order valence-electron chi connectivity index (χ3n) is 6.82. The van der Waals surface area contributed by atoms with Crippen molar-refractivity contribution in [2.75, 3.05) is 5.01 Å². The van der Waals surface area contributed by atoms with E-state index in [4.69, 9.17) is 0 Å². The highest BCUT2D eigenvalue weighted by molar-refractivity contribution is 8.07. The van der Waals surface area contributed by atoms with E-state index < -0.39 is 0 Å². The first-order valence-electron chi connectivity index (χ1n) is 11.1. The van der Waals surface area contributed by atoms with Gasteiger partial charge in [-0.15, -0.1) is 10.2 Å². The number of hydrogen-bond acceptors (Lipinski definition) is 5. The Hall–Kier alpha value is -2.44. The van der Waals surface area contributed by atoms with Gasteiger partial charge in [-0.25, -0.2) is 4.68 Å². The summed E-state index contributed by atoms with van der Waals surface area (Å²) in [6.45, 7) is 0. The molecule has 1 saturated carbocycles. The Morgan fingerprint density at radius 1 is 0.839 bits per heavy atom. The summed E-state index contributed by atoms with van der Waals surface area (Å²) in [5.41, 5.74) is 1.39. The van der Waals surface area contributed by atoms with Crippen LogP contribution < -0.4 is 5.01 Å². The minimum Gasteiger partial charge on any atom is -0.252 e. The fourth-order valence-corrected chi connectivity index (χ4v) is 7.69. The van der Waals surface area contributed by atoms with Crippen LogP contribution in [-0.2, 0) is 0 Å². The second-order valence-electron chi connectivity index (χ2n) is 8.61. The first-order valence-corrected chi connectivity index (χ1v) is 12.8. The number of thioether (sulfide) groups is 2. The van der Waals surface area contributed by atoms with Crippen molar-refractivity contribution in [3.8, 4) is 0 Å². The summed E-state index contributed by atoms with van der Waals surface area (Å²) < 4.78 is 2.34. The lowest BCUT2D eigenvalue weighted by molar-refractivity contribution is 0.411. The van der Waals surface area contributed by atoms with Gasteiger partial charge in [-0.2, -0.15) is 0 Å². The summed E-state index contributed by atoms with van der Waals surface area (Å²) in [4.78, 5) is 0. The molecule has 0 spiro atoms. The highest BCUT2D eigenvalue weighted by Gasteiger charge is 2.42. The average Bonchev–Trinajstić information content (AvgIpc) is 3.50. The van der Waals surface area contributed by atoms with Crippen molar-refractivity contribution in [2.45, 2.75) is 48.6 Å². The number of rotatable bonds is 2. The van der Waals surface area contributed by atoms with E-state index >= 15 is 0 Å². The highest BCUT2D eigenvalue weighted by Crippen LogP contribution is 2.54. The van der Waals surface area contributed by atoms with E-state index in [0.717, 1.165) is 11.0 Å². The Morgan fingerprint density at radius 2 is 1.55 bits per heavy atom. The predicted octanol–water partition coefficient (Wildman–Crippen LogP) is 6.92. The lowest BCUT2D eigenvalue weighted by Crippen LogP contribution is -2.32. The molecule has 7 rings (SSSR count). The molecule has 4 nitrogen and oxygen atoms in total. The van der Waals surface area contributed by atoms with Crippen LogP contribution in [0, 0.1) is 0 Å². The molecule has 0 radical (unpaired) electrons. The largest absolute Gasteiger partial charge is 0.252 e. The molecule has 3 heterocycles. The zero-order valence-electron chi connectivity index (χ0n) is 17.1. The third-order valence-corrected chi connectivity index (χ3v) is 8.98. The van der Waals surface area contributed by atoms with Gasteiger partial charge in [-0.3, -0.25) is 5.01 Å². The number of fused-ring (bicyclic) bond motifs is 5. The summed E-state index contributed by atoms with van der Waals surface area (Å²) in [7, 11) is 0. The van der Waals surface area contributed by atoms with E-state index in [1.165, 1.54) is 64.2 Å². The Kier molecular flexibility index (Phi) is 4.12. The molecular formula is C25H22N4S2. The summed E-state index contributed by atoms with van der Waals surface area (Å²) in [5.74, 6) is 1.67. The monoisotopic (exact) mass is 442 g/mol. The highest BCUT2D eigenvalue weighted by atomic mass is 32.2. The topological polar surface area (TPSA) is 34.0 Å². The quantitative estimate of drug-likeness (QED) is 0.315. The second-order valence-corrected chi connectivity index (χ2v) is 10.6. The summed E-state index contributed by atoms with van der Waals surface area (Å²) in [5, 5.41) is 21.8. The van der Waals surface area contributed by atoms with Gasteiger partial charge in [0.2, 0.25) is 5.16 Å². The normalized spacial score (nSPS) is 21.0. The van der Waals surface area contributed by atoms with Crippen molar-refractivity contribution in [2.24, 2.45) is 0 Å². The van der Waals surface area contributed by atoms with Crippen LogP contribution in [-0.4, -0.2) is 14.9 Å². The van der Waals surface area contributed by atoms with Crippen LogP contribution in [0.2, 0.25) is 0 Å². The number of aromatic nitrogens is 3. The zero-order valence-corrected chi connectivity index (χ0v) is 18.7. The molecule has 0 N–H and O–H groups in total. The summed E-state index contributed by atoms with van der Waals surface area (Å²) in [6.07, 6.45) is 6.40. The maximum atomic E-state index is 4.69. The van der Waals surface area contributed by atoms with Crippen LogP contribution in [0.1, 0.15) is 54.8 Å². The molecule has 154 valence electrons. The molecule has 1 atom stereocenters. The van der Waals surface area contributed by atoms with Gasteiger partial charge in [0.05, 0.1) is 0 Å². The molecule has 1 unspecified atom stereocenters. The maximum Gasteiger partial charge on any atom is 0.216 e. The van der Waals surface area contributed by atoms with E-state index in [-0.39, 0.29) is 5.37 Å². The first kappa shape index (κ1) is 18.2. The molecule has 4 aromatic rings. The van der Waals surface area contributed by atoms with Crippen molar-refractivity contribution in [1.82, 2.24) is 14.9 Å². The Labute approximate surface area is 189 Å². The molecule has 1 aromatic heterocycles. The van der Waals surface area contributed by atoms with Crippen LogP contribution in [0.15, 0.2) is 70.2 Å². The minimum atomic E-state index is 0.179. The van der Waals surface area contributed by atoms with E-state index in [2.05, 4.69) is 79.9 Å². The second kappa shape index (κ2) is 7.04. The number of benzene rings is 3. The van der Waals surface area contributed by atoms with Crippen molar-refractivity contribution in [3.05, 3.63) is 76.4 Å². The molecule has 2 aliphatic heterocycles. The average molecular weight is 443 g/mol. The summed E-state index contributed by atoms with van der Waals surface area (Å²) in [6, 6.07) is 19.9. The smallest absolute Gasteiger partial charge is 0.216 e. The van der Waals surface area contributed by atoms with Gasteiger partial charge < -0.3 is 0 Å². The minimum absolute atomic E-state index is 0.179. The molecular weight excluding hydrogens is 420 g/mol. The Balaban J connectivity index is 1.43. The standard InChI is InChI=1S/C25H22N4S2/c1-2-8-16(9-3-1)23-26-27-25-29(23)28-21(31-25)15-30-24(28)22-19-12-6-4-10-17(19)14-18-11-5-7-13-20(18)22/h4-7,10-16,24H,1-3,8-9H2. The van der Waals surface area contributed by atoms with Crippen molar-refractivity contribution >= 4 is 45.1 Å². The van der Waals surface area contributed by atoms with Gasteiger partial charge in [-0.05, 0) is 52.2 Å². The van der Waals surface area contributed by atoms with Crippen LogP contribution in [0.25, 0.3) is 21.5 Å². The Bertz CT molecular complexity index is 1300. The van der Waals surface area contributed by atoms with Gasteiger partial charge in [-0.1, -0.05) is 79.6 Å². The fourth-order valence-electron chi connectivity index (χ4n) is 5.38. The molecule has 0 amide bonds. The van der Waals surface area contributed by atoms with E-state index in [1.54, 1.807) is 11.8 Å². The Morgan fingerprint density at radius 3 is 2.29 bits per heavy atom. The van der Waals surface area contributed by atoms with Crippen molar-refractivity contribution in [3.63, 3.8) is 0 Å². The maximum absolute atomic E-state index is 4.69. The van der Waals surface area contributed by atoms with E-state index in [1.807, 2.05) is 11.8 Å². The molecule has 1 fully saturated rings. The summed E-state index contributed by atoms with van der Waals surface area (Å²) >= 11 is 3.66. The van der Waals surface area contributed by atoms with Crippen molar-refractivity contribution < 1.29 is 0 Å². The molecule has 1 aliphatic carbocycles. The van der Waals surface area contributed by atoms with Crippen LogP contribution in [0.5, 0.6) is 0 Å². The first-order chi connectivity index (χ1) is 15.4. The molecule has 6 heteroatoms. The van der Waals surface area contributed by atoms with Gasteiger partial charge in [0, 0.05) is 16.9 Å². The van der Waals surface area contributed by atoms with Crippen LogP contribution in [0.4, 0.5) is 0 Å². The van der Waals surface area contributed by atoms with Crippen LogP contribution >= 0.6 is 23.5 Å². The van der Waals surface area contributed by atoms with E-state index in [0.29, 0.717) is 5.92 Å². The zero-order chi connectivity index (χ0) is 20.4. The number of nitrogens with zero attached hydrogens (tertiary/aromatic N) is 4. The molecule has 31 heavy (non-hydrogen) atoms. The lowest BCUT2D eigenvalue weighted by Gasteiger charge is -2.30. The SMILES string of the molecule is C1=C2Sc3nnc(C4CCCCC4)n3N2C(c2c3ccccc3cc3ccccc23)S1. The third kappa shape index (κ3) is 2.71. The van der Waals surface area contributed by atoms with Gasteiger partial charge in [0.1, 0.15) is 10.4 Å². The van der Waals surface area contributed by atoms with Gasteiger partial charge in [0.15, 0.2) is 5.82 Å². The number of hydrogen-bond donors (Lipinski definition) is 0. The molecule has 0 bridgehead atoms. The van der Waals surface area contributed by atoms with Crippen molar-refractivity contribution in [1.29, 1.82) is 0 Å².